The highest BCUT2D eigenvalue weighted by atomic mass is 32.2. The summed E-state index contributed by atoms with van der Waals surface area (Å²) in [5.41, 5.74) is 4.58. The minimum atomic E-state index is -3.25. The molecule has 0 fully saturated rings. The molecule has 0 aliphatic rings. The number of anilines is 2. The van der Waals surface area contributed by atoms with Gasteiger partial charge in [0.1, 0.15) is 0 Å². The minimum absolute atomic E-state index is 0.261. The number of benzene rings is 2. The van der Waals surface area contributed by atoms with Crippen LogP contribution in [-0.4, -0.2) is 60.2 Å². The van der Waals surface area contributed by atoms with E-state index in [1.807, 2.05) is 18.3 Å². The Morgan fingerprint density at radius 3 is 2.46 bits per heavy atom. The molecule has 182 valence electrons. The lowest BCUT2D eigenvalue weighted by molar-refractivity contribution is -0.109. The molecule has 0 radical (unpaired) electrons. The fourth-order valence-electron chi connectivity index (χ4n) is 3.78. The first-order valence-electron chi connectivity index (χ1n) is 11.3. The van der Waals surface area contributed by atoms with Crippen LogP contribution in [0.25, 0.3) is 16.8 Å². The van der Waals surface area contributed by atoms with Crippen molar-refractivity contribution in [1.29, 1.82) is 0 Å². The maximum absolute atomic E-state index is 11.7. The molecule has 10 heteroatoms. The zero-order valence-corrected chi connectivity index (χ0v) is 20.5. The number of carbonyl (C=O) groups is 1. The molecule has 0 bridgehead atoms. The second kappa shape index (κ2) is 10.7. The Hall–Kier alpha value is -3.76. The van der Waals surface area contributed by atoms with Gasteiger partial charge in [-0.05, 0) is 54.1 Å². The molecular weight excluding hydrogens is 464 g/mol. The summed E-state index contributed by atoms with van der Waals surface area (Å²) in [4.78, 5) is 17.7. The Bertz CT molecular complexity index is 1400. The van der Waals surface area contributed by atoms with Crippen LogP contribution in [0.15, 0.2) is 71.8 Å². The third-order valence-corrected chi connectivity index (χ3v) is 6.80. The van der Waals surface area contributed by atoms with Crippen molar-refractivity contribution in [3.8, 4) is 11.1 Å². The van der Waals surface area contributed by atoms with Crippen LogP contribution >= 0.6 is 0 Å². The monoisotopic (exact) mass is 492 g/mol. The number of hydrogen-bond acceptors (Lipinski definition) is 7. The summed E-state index contributed by atoms with van der Waals surface area (Å²) in [6, 6.07) is 18.8. The Balaban J connectivity index is 1.51. The number of nitrogens with zero attached hydrogens (tertiary/aromatic N) is 4. The standard InChI is InChI=1S/C25H28N6O3S/c1-3-30(16-14-26-18-32)17-19-6-8-20(9-7-19)23-5-4-15-31-24(23)28-25(29-31)27-21-10-12-22(13-11-21)35(2,33)34/h4-13,15,18H,3,14,16-17H2,1-2H3,(H,26,32)(H,27,29). The van der Waals surface area contributed by atoms with Crippen LogP contribution in [0, 0.1) is 0 Å². The summed E-state index contributed by atoms with van der Waals surface area (Å²) >= 11 is 0. The maximum atomic E-state index is 11.7. The quantitative estimate of drug-likeness (QED) is 0.245. The zero-order chi connectivity index (χ0) is 24.8. The van der Waals surface area contributed by atoms with E-state index < -0.39 is 9.84 Å². The Kier molecular flexibility index (Phi) is 7.42. The normalized spacial score (nSPS) is 11.6. The molecule has 35 heavy (non-hydrogen) atoms. The van der Waals surface area contributed by atoms with Gasteiger partial charge >= 0.3 is 0 Å². The maximum Gasteiger partial charge on any atom is 0.247 e. The number of sulfone groups is 1. The van der Waals surface area contributed by atoms with E-state index in [9.17, 15) is 13.2 Å². The second-order valence-electron chi connectivity index (χ2n) is 8.18. The minimum Gasteiger partial charge on any atom is -0.357 e. The van der Waals surface area contributed by atoms with Crippen molar-refractivity contribution in [3.05, 3.63) is 72.4 Å². The van der Waals surface area contributed by atoms with E-state index in [1.165, 1.54) is 11.8 Å². The molecule has 2 N–H and O–H groups in total. The van der Waals surface area contributed by atoms with Crippen molar-refractivity contribution in [2.24, 2.45) is 0 Å². The number of pyridine rings is 1. The van der Waals surface area contributed by atoms with Crippen molar-refractivity contribution in [2.45, 2.75) is 18.4 Å². The predicted octanol–water partition coefficient (Wildman–Crippen LogP) is 3.11. The van der Waals surface area contributed by atoms with Crippen molar-refractivity contribution in [2.75, 3.05) is 31.2 Å². The molecule has 2 aromatic heterocycles. The van der Waals surface area contributed by atoms with E-state index in [0.717, 1.165) is 37.2 Å². The molecule has 2 aromatic carbocycles. The summed E-state index contributed by atoms with van der Waals surface area (Å²) in [7, 11) is -3.25. The molecule has 0 aliphatic heterocycles. The first kappa shape index (κ1) is 24.4. The van der Waals surface area contributed by atoms with Gasteiger partial charge in [0.2, 0.25) is 12.4 Å². The van der Waals surface area contributed by atoms with E-state index in [2.05, 4.69) is 56.8 Å². The van der Waals surface area contributed by atoms with Crippen LogP contribution < -0.4 is 10.6 Å². The van der Waals surface area contributed by atoms with Crippen molar-refractivity contribution < 1.29 is 13.2 Å². The van der Waals surface area contributed by atoms with Gasteiger partial charge in [-0.3, -0.25) is 9.69 Å². The molecule has 4 rings (SSSR count). The summed E-state index contributed by atoms with van der Waals surface area (Å²) < 4.78 is 25.1. The van der Waals surface area contributed by atoms with E-state index >= 15 is 0 Å². The van der Waals surface area contributed by atoms with Gasteiger partial charge in [-0.1, -0.05) is 31.2 Å². The molecule has 2 heterocycles. The Morgan fingerprint density at radius 2 is 1.80 bits per heavy atom. The number of hydrogen-bond donors (Lipinski definition) is 2. The van der Waals surface area contributed by atoms with Crippen LogP contribution in [0.3, 0.4) is 0 Å². The van der Waals surface area contributed by atoms with E-state index in [4.69, 9.17) is 0 Å². The smallest absolute Gasteiger partial charge is 0.247 e. The fraction of sp³-hybridized carbons (Fsp3) is 0.240. The van der Waals surface area contributed by atoms with Gasteiger partial charge in [0.25, 0.3) is 0 Å². The van der Waals surface area contributed by atoms with Gasteiger partial charge in [0.05, 0.1) is 4.90 Å². The molecule has 0 saturated carbocycles. The van der Waals surface area contributed by atoms with Gasteiger partial charge in [0, 0.05) is 43.3 Å². The Morgan fingerprint density at radius 1 is 1.06 bits per heavy atom. The van der Waals surface area contributed by atoms with Crippen LogP contribution in [-0.2, 0) is 21.2 Å². The Labute approximate surface area is 204 Å². The molecule has 1 amide bonds. The van der Waals surface area contributed by atoms with Crippen LogP contribution in [0.1, 0.15) is 12.5 Å². The number of amides is 1. The van der Waals surface area contributed by atoms with Crippen molar-refractivity contribution in [3.63, 3.8) is 0 Å². The van der Waals surface area contributed by atoms with E-state index in [1.54, 1.807) is 28.8 Å². The second-order valence-corrected chi connectivity index (χ2v) is 10.2. The summed E-state index contributed by atoms with van der Waals surface area (Å²) in [6.07, 6.45) is 3.74. The van der Waals surface area contributed by atoms with Gasteiger partial charge in [-0.25, -0.2) is 12.9 Å². The molecule has 0 aliphatic carbocycles. The van der Waals surface area contributed by atoms with Gasteiger partial charge in [-0.15, -0.1) is 5.10 Å². The molecule has 0 spiro atoms. The lowest BCUT2D eigenvalue weighted by Gasteiger charge is -2.20. The SMILES string of the molecule is CCN(CCNC=O)Cc1ccc(-c2cccn3nc(Nc4ccc(S(C)(=O)=O)cc4)nc23)cc1. The number of fused-ring (bicyclic) bond motifs is 1. The lowest BCUT2D eigenvalue weighted by atomic mass is 10.0. The van der Waals surface area contributed by atoms with E-state index in [-0.39, 0.29) is 4.90 Å². The molecule has 0 atom stereocenters. The number of rotatable bonds is 11. The van der Waals surface area contributed by atoms with Crippen molar-refractivity contribution >= 4 is 33.5 Å². The highest BCUT2D eigenvalue weighted by molar-refractivity contribution is 7.90. The third kappa shape index (κ3) is 6.03. The predicted molar refractivity (Wildman–Crippen MR) is 136 cm³/mol. The zero-order valence-electron chi connectivity index (χ0n) is 19.7. The summed E-state index contributed by atoms with van der Waals surface area (Å²) in [5.74, 6) is 0.420. The largest absolute Gasteiger partial charge is 0.357 e. The van der Waals surface area contributed by atoms with E-state index in [0.29, 0.717) is 23.8 Å². The first-order chi connectivity index (χ1) is 16.9. The molecule has 0 saturated heterocycles. The van der Waals surface area contributed by atoms with Crippen LogP contribution in [0.2, 0.25) is 0 Å². The average Bonchev–Trinajstić information content (AvgIpc) is 3.26. The number of nitrogens with one attached hydrogen (secondary N) is 2. The molecule has 4 aromatic rings. The summed E-state index contributed by atoms with van der Waals surface area (Å²) in [5, 5.41) is 10.4. The number of likely N-dealkylation sites (N-methyl/N-ethyl adjacent to an activating group) is 1. The van der Waals surface area contributed by atoms with Crippen LogP contribution in [0.4, 0.5) is 11.6 Å². The first-order valence-corrected chi connectivity index (χ1v) is 13.2. The average molecular weight is 493 g/mol. The molecule has 9 nitrogen and oxygen atoms in total. The number of carbonyl (C=O) groups excluding carboxylic acids is 1. The molecule has 0 unspecified atom stereocenters. The van der Waals surface area contributed by atoms with Crippen LogP contribution in [0.5, 0.6) is 0 Å². The highest BCUT2D eigenvalue weighted by Gasteiger charge is 2.12. The molecular formula is C25H28N6O3S. The topological polar surface area (TPSA) is 109 Å². The highest BCUT2D eigenvalue weighted by Crippen LogP contribution is 2.26. The van der Waals surface area contributed by atoms with Gasteiger partial charge < -0.3 is 10.6 Å². The van der Waals surface area contributed by atoms with Gasteiger partial charge in [-0.2, -0.15) is 4.98 Å². The number of aromatic nitrogens is 3. The van der Waals surface area contributed by atoms with Gasteiger partial charge in [0.15, 0.2) is 15.5 Å². The fourth-order valence-corrected chi connectivity index (χ4v) is 4.41. The summed E-state index contributed by atoms with van der Waals surface area (Å²) in [6.45, 7) is 5.23. The third-order valence-electron chi connectivity index (χ3n) is 5.67. The van der Waals surface area contributed by atoms with Crippen molar-refractivity contribution in [1.82, 2.24) is 24.8 Å². The lowest BCUT2D eigenvalue weighted by Crippen LogP contribution is -2.31.